The third-order valence-electron chi connectivity index (χ3n) is 3.49. The molecular formula is C15H24Cl2N4O3. The molecule has 0 aliphatic carbocycles. The zero-order chi connectivity index (χ0) is 15.8. The first-order valence-corrected chi connectivity index (χ1v) is 7.40. The van der Waals surface area contributed by atoms with Gasteiger partial charge in [-0.3, -0.25) is 14.6 Å². The van der Waals surface area contributed by atoms with Gasteiger partial charge in [0.05, 0.1) is 0 Å². The van der Waals surface area contributed by atoms with E-state index in [1.165, 1.54) is 0 Å². The number of pyridine rings is 1. The Balaban J connectivity index is 0.00000264. The Hall–Kier alpha value is -1.41. The van der Waals surface area contributed by atoms with Gasteiger partial charge in [0.25, 0.3) is 0 Å². The molecule has 1 aromatic heterocycles. The van der Waals surface area contributed by atoms with Crippen LogP contribution >= 0.6 is 24.8 Å². The number of nitrogens with zero attached hydrogens (tertiary/aromatic N) is 2. The van der Waals surface area contributed by atoms with Crippen molar-refractivity contribution in [2.24, 2.45) is 0 Å². The van der Waals surface area contributed by atoms with Gasteiger partial charge in [-0.1, -0.05) is 6.07 Å². The lowest BCUT2D eigenvalue weighted by Gasteiger charge is -2.33. The normalized spacial score (nSPS) is 16.5. The van der Waals surface area contributed by atoms with Gasteiger partial charge in [0, 0.05) is 44.6 Å². The van der Waals surface area contributed by atoms with Gasteiger partial charge in [-0.25, -0.2) is 0 Å². The van der Waals surface area contributed by atoms with E-state index >= 15 is 0 Å². The molecule has 1 saturated heterocycles. The van der Waals surface area contributed by atoms with Crippen LogP contribution in [0, 0.1) is 0 Å². The smallest absolute Gasteiger partial charge is 0.248 e. The summed E-state index contributed by atoms with van der Waals surface area (Å²) in [6, 6.07) is 3.85. The van der Waals surface area contributed by atoms with Gasteiger partial charge in [0.15, 0.2) is 0 Å². The number of rotatable bonds is 6. The maximum Gasteiger partial charge on any atom is 0.248 e. The highest BCUT2D eigenvalue weighted by atomic mass is 35.5. The molecule has 1 atom stereocenters. The van der Waals surface area contributed by atoms with Crippen LogP contribution in [0.4, 0.5) is 0 Å². The van der Waals surface area contributed by atoms with E-state index < -0.39 is 0 Å². The summed E-state index contributed by atoms with van der Waals surface area (Å²) in [7, 11) is 0. The number of piperazine rings is 1. The Bertz CT molecular complexity index is 505. The molecule has 1 unspecified atom stereocenters. The fourth-order valence-electron chi connectivity index (χ4n) is 2.28. The van der Waals surface area contributed by atoms with Gasteiger partial charge in [-0.15, -0.1) is 24.8 Å². The van der Waals surface area contributed by atoms with Crippen LogP contribution in [-0.2, 0) is 20.9 Å². The maximum atomic E-state index is 12.0. The number of carbonyl (C=O) groups excluding carboxylic acids is 2. The van der Waals surface area contributed by atoms with Gasteiger partial charge >= 0.3 is 0 Å². The molecule has 7 nitrogen and oxygen atoms in total. The molecule has 1 aliphatic heterocycles. The predicted octanol–water partition coefficient (Wildman–Crippen LogP) is 0.378. The molecule has 24 heavy (non-hydrogen) atoms. The molecule has 0 bridgehead atoms. The van der Waals surface area contributed by atoms with Crippen LogP contribution < -0.4 is 10.6 Å². The zero-order valence-corrected chi connectivity index (χ0v) is 15.2. The average Bonchev–Trinajstić information content (AvgIpc) is 2.54. The minimum absolute atomic E-state index is 0. The Morgan fingerprint density at radius 3 is 2.88 bits per heavy atom. The SMILES string of the molecule is CC1CNCCN1C(=O)COCC(=O)NCc1cccnc1.Cl.Cl. The topological polar surface area (TPSA) is 83.6 Å². The lowest BCUT2D eigenvalue weighted by atomic mass is 10.2. The summed E-state index contributed by atoms with van der Waals surface area (Å²) in [4.78, 5) is 29.4. The van der Waals surface area contributed by atoms with Crippen molar-refractivity contribution in [3.05, 3.63) is 30.1 Å². The van der Waals surface area contributed by atoms with Gasteiger partial charge in [-0.2, -0.15) is 0 Å². The van der Waals surface area contributed by atoms with Crippen molar-refractivity contribution in [3.8, 4) is 0 Å². The van der Waals surface area contributed by atoms with Crippen LogP contribution in [0.15, 0.2) is 24.5 Å². The number of hydrogen-bond acceptors (Lipinski definition) is 5. The van der Waals surface area contributed by atoms with Crippen molar-refractivity contribution >= 4 is 36.6 Å². The molecule has 1 aliphatic rings. The summed E-state index contributed by atoms with van der Waals surface area (Å²) in [5.74, 6) is -0.320. The van der Waals surface area contributed by atoms with Crippen molar-refractivity contribution in [2.75, 3.05) is 32.8 Å². The maximum absolute atomic E-state index is 12.0. The lowest BCUT2D eigenvalue weighted by Crippen LogP contribution is -2.53. The number of hydrogen-bond donors (Lipinski definition) is 2. The Labute approximate surface area is 154 Å². The quantitative estimate of drug-likeness (QED) is 0.747. The fourth-order valence-corrected chi connectivity index (χ4v) is 2.28. The summed E-state index contributed by atoms with van der Waals surface area (Å²) in [6.07, 6.45) is 3.37. The number of nitrogens with one attached hydrogen (secondary N) is 2. The van der Waals surface area contributed by atoms with E-state index in [4.69, 9.17) is 4.74 Å². The van der Waals surface area contributed by atoms with E-state index in [1.807, 2.05) is 19.1 Å². The number of amides is 2. The van der Waals surface area contributed by atoms with Crippen LogP contribution in [-0.4, -0.2) is 60.6 Å². The van der Waals surface area contributed by atoms with Gasteiger partial charge < -0.3 is 20.3 Å². The Morgan fingerprint density at radius 1 is 1.42 bits per heavy atom. The van der Waals surface area contributed by atoms with Crippen molar-refractivity contribution in [3.63, 3.8) is 0 Å². The molecule has 0 aromatic carbocycles. The largest absolute Gasteiger partial charge is 0.362 e. The molecule has 2 N–H and O–H groups in total. The van der Waals surface area contributed by atoms with Gasteiger partial charge in [0.2, 0.25) is 11.8 Å². The fraction of sp³-hybridized carbons (Fsp3) is 0.533. The molecule has 2 rings (SSSR count). The molecule has 2 heterocycles. The van der Waals surface area contributed by atoms with Crippen LogP contribution in [0.2, 0.25) is 0 Å². The van der Waals surface area contributed by atoms with Crippen LogP contribution in [0.3, 0.4) is 0 Å². The second-order valence-corrected chi connectivity index (χ2v) is 5.27. The number of halogens is 2. The first-order valence-electron chi connectivity index (χ1n) is 7.40. The van der Waals surface area contributed by atoms with Crippen molar-refractivity contribution < 1.29 is 14.3 Å². The Morgan fingerprint density at radius 2 is 2.21 bits per heavy atom. The van der Waals surface area contributed by atoms with E-state index in [2.05, 4.69) is 15.6 Å². The summed E-state index contributed by atoms with van der Waals surface area (Å²) < 4.78 is 5.21. The zero-order valence-electron chi connectivity index (χ0n) is 13.6. The number of ether oxygens (including phenoxy) is 1. The lowest BCUT2D eigenvalue weighted by molar-refractivity contribution is -0.140. The summed E-state index contributed by atoms with van der Waals surface area (Å²) in [6.45, 7) is 4.47. The molecule has 0 spiro atoms. The highest BCUT2D eigenvalue weighted by molar-refractivity contribution is 5.85. The summed E-state index contributed by atoms with van der Waals surface area (Å²) in [5.41, 5.74) is 0.918. The predicted molar refractivity (Wildman–Crippen MR) is 95.4 cm³/mol. The highest BCUT2D eigenvalue weighted by Crippen LogP contribution is 2.03. The summed E-state index contributed by atoms with van der Waals surface area (Å²) in [5, 5.41) is 5.94. The minimum Gasteiger partial charge on any atom is -0.362 e. The van der Waals surface area contributed by atoms with Gasteiger partial charge in [0.1, 0.15) is 13.2 Å². The molecule has 136 valence electrons. The van der Waals surface area contributed by atoms with Crippen LogP contribution in [0.5, 0.6) is 0 Å². The Kier molecular flexibility index (Phi) is 11.3. The van der Waals surface area contributed by atoms with Crippen molar-refractivity contribution in [2.45, 2.75) is 19.5 Å². The molecule has 2 amide bonds. The van der Waals surface area contributed by atoms with Crippen molar-refractivity contribution in [1.82, 2.24) is 20.5 Å². The monoisotopic (exact) mass is 378 g/mol. The average molecular weight is 379 g/mol. The third kappa shape index (κ3) is 7.44. The number of carbonyl (C=O) groups is 2. The highest BCUT2D eigenvalue weighted by Gasteiger charge is 2.22. The van der Waals surface area contributed by atoms with Gasteiger partial charge in [-0.05, 0) is 18.6 Å². The first-order chi connectivity index (χ1) is 10.7. The van der Waals surface area contributed by atoms with Crippen LogP contribution in [0.1, 0.15) is 12.5 Å². The molecular weight excluding hydrogens is 355 g/mol. The molecule has 1 fully saturated rings. The summed E-state index contributed by atoms with van der Waals surface area (Å²) >= 11 is 0. The second kappa shape index (κ2) is 12.0. The van der Waals surface area contributed by atoms with Crippen LogP contribution in [0.25, 0.3) is 0 Å². The van der Waals surface area contributed by atoms with E-state index in [0.717, 1.165) is 18.7 Å². The van der Waals surface area contributed by atoms with Crippen molar-refractivity contribution in [1.29, 1.82) is 0 Å². The minimum atomic E-state index is -0.245. The van der Waals surface area contributed by atoms with E-state index in [9.17, 15) is 9.59 Å². The number of aromatic nitrogens is 1. The molecule has 9 heteroatoms. The second-order valence-electron chi connectivity index (χ2n) is 5.27. The van der Waals surface area contributed by atoms with E-state index in [1.54, 1.807) is 17.3 Å². The standard InChI is InChI=1S/C15H22N4O3.2ClH/c1-12-7-17-5-6-19(12)15(21)11-22-10-14(20)18-9-13-3-2-4-16-8-13;;/h2-4,8,12,17H,5-7,9-11H2,1H3,(H,18,20);2*1H. The van der Waals surface area contributed by atoms with E-state index in [0.29, 0.717) is 13.1 Å². The molecule has 1 aromatic rings. The molecule has 0 saturated carbocycles. The van der Waals surface area contributed by atoms with E-state index in [-0.39, 0.29) is 55.9 Å². The molecule has 0 radical (unpaired) electrons. The first kappa shape index (κ1) is 22.6. The third-order valence-corrected chi connectivity index (χ3v) is 3.49.